The summed E-state index contributed by atoms with van der Waals surface area (Å²) in [6, 6.07) is 11.8. The lowest BCUT2D eigenvalue weighted by Crippen LogP contribution is -2.43. The second-order valence-electron chi connectivity index (χ2n) is 6.89. The van der Waals surface area contributed by atoms with Crippen molar-refractivity contribution in [3.8, 4) is 5.75 Å². The number of aryl methyl sites for hydroxylation is 1. The predicted molar refractivity (Wildman–Crippen MR) is 110 cm³/mol. The molecule has 29 heavy (non-hydrogen) atoms. The Bertz CT molecular complexity index is 996. The van der Waals surface area contributed by atoms with Crippen molar-refractivity contribution in [2.45, 2.75) is 18.4 Å². The number of urea groups is 1. The first-order valence-electron chi connectivity index (χ1n) is 8.90. The molecule has 1 aliphatic heterocycles. The van der Waals surface area contributed by atoms with Crippen LogP contribution in [0, 0.1) is 0 Å². The highest BCUT2D eigenvalue weighted by Crippen LogP contribution is 2.41. The second-order valence-corrected chi connectivity index (χ2v) is 6.89. The zero-order valence-corrected chi connectivity index (χ0v) is 16.5. The molecule has 0 aromatic heterocycles. The molecule has 1 saturated heterocycles. The molecule has 8 nitrogen and oxygen atoms in total. The van der Waals surface area contributed by atoms with E-state index in [9.17, 15) is 14.4 Å². The zero-order chi connectivity index (χ0) is 19.9. The van der Waals surface area contributed by atoms with Crippen LogP contribution in [0.3, 0.4) is 0 Å². The molecular weight excluding hydrogens is 396 g/mol. The lowest BCUT2D eigenvalue weighted by molar-refractivity contribution is -0.134. The summed E-state index contributed by atoms with van der Waals surface area (Å²) < 4.78 is 5.08. The van der Waals surface area contributed by atoms with Gasteiger partial charge in [-0.15, -0.1) is 12.4 Å². The fourth-order valence-corrected chi connectivity index (χ4v) is 3.89. The highest BCUT2D eigenvalue weighted by molar-refractivity contribution is 6.11. The number of benzene rings is 2. The molecule has 0 saturated carbocycles. The standard InChI is InChI=1S/C20H20N4O4.ClH/c1-28-16-7-6-13(10-15(16)21)22-17(25)11-24-18(26)20(23-19(24)27)9-8-12-4-2-3-5-14(12)20;/h2-7,10H,8-9,11,21H2,1H3,(H,22,25)(H,23,27);1H. The quantitative estimate of drug-likeness (QED) is 0.521. The predicted octanol–water partition coefficient (Wildman–Crippen LogP) is 2.03. The van der Waals surface area contributed by atoms with E-state index in [-0.39, 0.29) is 19.0 Å². The molecule has 1 spiro atoms. The van der Waals surface area contributed by atoms with Gasteiger partial charge in [-0.05, 0) is 42.2 Å². The van der Waals surface area contributed by atoms with Crippen LogP contribution in [-0.2, 0) is 21.5 Å². The number of hydrogen-bond acceptors (Lipinski definition) is 5. The van der Waals surface area contributed by atoms with E-state index in [1.165, 1.54) is 7.11 Å². The maximum atomic E-state index is 13.1. The normalized spacial score (nSPS) is 19.6. The Morgan fingerprint density at radius 2 is 2.03 bits per heavy atom. The van der Waals surface area contributed by atoms with Gasteiger partial charge in [0.25, 0.3) is 5.91 Å². The maximum absolute atomic E-state index is 13.1. The van der Waals surface area contributed by atoms with E-state index in [1.54, 1.807) is 18.2 Å². The number of nitrogens with two attached hydrogens (primary N) is 1. The molecule has 9 heteroatoms. The number of amides is 4. The molecule has 4 rings (SSSR count). The summed E-state index contributed by atoms with van der Waals surface area (Å²) in [6.45, 7) is -0.374. The Labute approximate surface area is 173 Å². The van der Waals surface area contributed by atoms with Crippen LogP contribution in [0.1, 0.15) is 17.5 Å². The van der Waals surface area contributed by atoms with Crippen LogP contribution >= 0.6 is 12.4 Å². The van der Waals surface area contributed by atoms with Crippen molar-refractivity contribution in [1.29, 1.82) is 0 Å². The fourth-order valence-electron chi connectivity index (χ4n) is 3.89. The average molecular weight is 417 g/mol. The molecule has 1 unspecified atom stereocenters. The van der Waals surface area contributed by atoms with Gasteiger partial charge < -0.3 is 21.1 Å². The number of nitrogen functional groups attached to an aromatic ring is 1. The fraction of sp³-hybridized carbons (Fsp3) is 0.250. The molecule has 152 valence electrons. The Balaban J connectivity index is 0.00000240. The molecule has 4 N–H and O–H groups in total. The summed E-state index contributed by atoms with van der Waals surface area (Å²) in [5.41, 5.74) is 7.43. The van der Waals surface area contributed by atoms with Gasteiger partial charge in [-0.25, -0.2) is 4.79 Å². The molecule has 1 aliphatic carbocycles. The van der Waals surface area contributed by atoms with Crippen molar-refractivity contribution in [3.05, 3.63) is 53.6 Å². The minimum absolute atomic E-state index is 0. The molecular formula is C20H21ClN4O4. The van der Waals surface area contributed by atoms with Crippen molar-refractivity contribution in [1.82, 2.24) is 10.2 Å². The second kappa shape index (κ2) is 7.63. The number of imide groups is 1. The van der Waals surface area contributed by atoms with Gasteiger partial charge in [0.2, 0.25) is 5.91 Å². The Morgan fingerprint density at radius 3 is 2.76 bits per heavy atom. The number of anilines is 2. The summed E-state index contributed by atoms with van der Waals surface area (Å²) in [5, 5.41) is 5.45. The van der Waals surface area contributed by atoms with E-state index < -0.39 is 23.4 Å². The first kappa shape index (κ1) is 20.5. The number of fused-ring (bicyclic) bond motifs is 2. The minimum Gasteiger partial charge on any atom is -0.495 e. The molecule has 4 amide bonds. The van der Waals surface area contributed by atoms with Crippen LogP contribution in [0.25, 0.3) is 0 Å². The van der Waals surface area contributed by atoms with Crippen molar-refractivity contribution in [2.75, 3.05) is 24.7 Å². The topological polar surface area (TPSA) is 114 Å². The Morgan fingerprint density at radius 1 is 1.28 bits per heavy atom. The van der Waals surface area contributed by atoms with Crippen LogP contribution in [0.5, 0.6) is 5.75 Å². The van der Waals surface area contributed by atoms with Gasteiger partial charge in [-0.1, -0.05) is 24.3 Å². The van der Waals surface area contributed by atoms with Gasteiger partial charge in [0.05, 0.1) is 12.8 Å². The van der Waals surface area contributed by atoms with Gasteiger partial charge in [-0.2, -0.15) is 0 Å². The van der Waals surface area contributed by atoms with Gasteiger partial charge in [0.15, 0.2) is 0 Å². The van der Waals surface area contributed by atoms with Crippen LogP contribution < -0.4 is 21.1 Å². The molecule has 1 heterocycles. The van der Waals surface area contributed by atoms with Crippen LogP contribution in [0.4, 0.5) is 16.2 Å². The minimum atomic E-state index is -1.07. The Kier molecular flexibility index (Phi) is 5.39. The van der Waals surface area contributed by atoms with E-state index in [0.717, 1.165) is 16.0 Å². The maximum Gasteiger partial charge on any atom is 0.325 e. The lowest BCUT2D eigenvalue weighted by Gasteiger charge is -2.22. The van der Waals surface area contributed by atoms with Crippen molar-refractivity contribution in [2.24, 2.45) is 0 Å². The van der Waals surface area contributed by atoms with Crippen molar-refractivity contribution in [3.63, 3.8) is 0 Å². The SMILES string of the molecule is COc1ccc(NC(=O)CN2C(=O)NC3(CCc4ccccc43)C2=O)cc1N.Cl. The van der Waals surface area contributed by atoms with E-state index in [1.807, 2.05) is 24.3 Å². The monoisotopic (exact) mass is 416 g/mol. The number of carbonyl (C=O) groups excluding carboxylic acids is 3. The first-order chi connectivity index (χ1) is 13.4. The molecule has 2 aromatic carbocycles. The van der Waals surface area contributed by atoms with Gasteiger partial charge >= 0.3 is 6.03 Å². The number of methoxy groups -OCH3 is 1. The number of carbonyl (C=O) groups is 3. The highest BCUT2D eigenvalue weighted by Gasteiger charge is 2.55. The third kappa shape index (κ3) is 3.36. The molecule has 0 radical (unpaired) electrons. The zero-order valence-electron chi connectivity index (χ0n) is 15.7. The largest absolute Gasteiger partial charge is 0.495 e. The summed E-state index contributed by atoms with van der Waals surface area (Å²) >= 11 is 0. The lowest BCUT2D eigenvalue weighted by atomic mass is 9.92. The van der Waals surface area contributed by atoms with E-state index in [4.69, 9.17) is 10.5 Å². The molecule has 2 aromatic rings. The Hall–Kier alpha value is -3.26. The van der Waals surface area contributed by atoms with Gasteiger partial charge in [-0.3, -0.25) is 14.5 Å². The number of halogens is 1. The summed E-state index contributed by atoms with van der Waals surface area (Å²) in [4.78, 5) is 38.9. The highest BCUT2D eigenvalue weighted by atomic mass is 35.5. The summed E-state index contributed by atoms with van der Waals surface area (Å²) in [7, 11) is 1.50. The van der Waals surface area contributed by atoms with Crippen molar-refractivity contribution < 1.29 is 19.1 Å². The van der Waals surface area contributed by atoms with Crippen LogP contribution in [-0.4, -0.2) is 36.4 Å². The third-order valence-electron chi connectivity index (χ3n) is 5.24. The molecule has 2 aliphatic rings. The van der Waals surface area contributed by atoms with E-state index >= 15 is 0 Å². The molecule has 1 fully saturated rings. The smallest absolute Gasteiger partial charge is 0.325 e. The van der Waals surface area contributed by atoms with E-state index in [0.29, 0.717) is 30.0 Å². The van der Waals surface area contributed by atoms with Crippen LogP contribution in [0.2, 0.25) is 0 Å². The van der Waals surface area contributed by atoms with Crippen molar-refractivity contribution >= 4 is 41.6 Å². The number of hydrogen-bond donors (Lipinski definition) is 3. The average Bonchev–Trinajstić information content (AvgIpc) is 3.16. The van der Waals surface area contributed by atoms with Crippen LogP contribution in [0.15, 0.2) is 42.5 Å². The van der Waals surface area contributed by atoms with E-state index in [2.05, 4.69) is 10.6 Å². The van der Waals surface area contributed by atoms with Gasteiger partial charge in [0, 0.05) is 5.69 Å². The first-order valence-corrected chi connectivity index (χ1v) is 8.90. The number of ether oxygens (including phenoxy) is 1. The molecule has 1 atom stereocenters. The summed E-state index contributed by atoms with van der Waals surface area (Å²) in [5.74, 6) is -0.391. The third-order valence-corrected chi connectivity index (χ3v) is 5.24. The number of nitrogens with zero attached hydrogens (tertiary/aromatic N) is 1. The summed E-state index contributed by atoms with van der Waals surface area (Å²) in [6.07, 6.45) is 1.19. The molecule has 0 bridgehead atoms. The number of rotatable bonds is 4. The van der Waals surface area contributed by atoms with Gasteiger partial charge in [0.1, 0.15) is 17.8 Å². The number of nitrogens with one attached hydrogen (secondary N) is 2.